The fourth-order valence-electron chi connectivity index (χ4n) is 1.45. The molecule has 1 aromatic carbocycles. The van der Waals surface area contributed by atoms with Crippen LogP contribution in [0.2, 0.25) is 0 Å². The summed E-state index contributed by atoms with van der Waals surface area (Å²) in [5.74, 6) is 0. The van der Waals surface area contributed by atoms with Crippen molar-refractivity contribution in [2.24, 2.45) is 0 Å². The van der Waals surface area contributed by atoms with E-state index < -0.39 is 0 Å². The predicted octanol–water partition coefficient (Wildman–Crippen LogP) is 2.46. The van der Waals surface area contributed by atoms with Gasteiger partial charge in [0.15, 0.2) is 0 Å². The number of hydrogen-bond donors (Lipinski definition) is 0. The zero-order valence-electron chi connectivity index (χ0n) is 8.35. The van der Waals surface area contributed by atoms with Gasteiger partial charge in [0.25, 0.3) is 0 Å². The third-order valence-electron chi connectivity index (χ3n) is 2.34. The first kappa shape index (κ1) is 13.5. The van der Waals surface area contributed by atoms with E-state index in [4.69, 9.17) is 0 Å². The fourth-order valence-corrected chi connectivity index (χ4v) is 1.45. The minimum atomic E-state index is 0. The molecule has 13 heavy (non-hydrogen) atoms. The molecule has 0 saturated carbocycles. The summed E-state index contributed by atoms with van der Waals surface area (Å²) in [6, 6.07) is 6.96. The number of hydrogen-bond acceptors (Lipinski definition) is 0. The first-order valence-corrected chi connectivity index (χ1v) is 4.91. The Hall–Kier alpha value is 0.480. The molecule has 0 fully saturated rings. The van der Waals surface area contributed by atoms with Crippen LogP contribution in [0.1, 0.15) is 37.5 Å². The van der Waals surface area contributed by atoms with E-state index in [1.807, 2.05) is 0 Å². The predicted molar refractivity (Wildman–Crippen MR) is 63.1 cm³/mol. The Labute approximate surface area is 112 Å². The Morgan fingerprint density at radius 3 is 1.08 bits per heavy atom. The molecule has 1 aromatic rings. The van der Waals surface area contributed by atoms with Gasteiger partial charge in [-0.3, -0.25) is 0 Å². The molecule has 0 aliphatic carbocycles. The fraction of sp³-hybridized carbons (Fsp3) is 0.500. The van der Waals surface area contributed by atoms with Crippen molar-refractivity contribution in [3.05, 3.63) is 34.9 Å². The van der Waals surface area contributed by atoms with Crippen molar-refractivity contribution in [3.8, 4) is 0 Å². The second kappa shape index (κ2) is 6.86. The van der Waals surface area contributed by atoms with E-state index in [2.05, 4.69) is 39.0 Å². The molecule has 70 valence electrons. The molecule has 0 aliphatic rings. The molecule has 0 aliphatic heterocycles. The van der Waals surface area contributed by atoms with Crippen molar-refractivity contribution in [1.29, 1.82) is 0 Å². The first-order valence-electron chi connectivity index (χ1n) is 4.91. The monoisotopic (exact) mass is 204 g/mol. The van der Waals surface area contributed by atoms with Crippen LogP contribution in [-0.4, -0.2) is 37.7 Å². The molecule has 0 amide bonds. The number of aryl methyl sites for hydroxylation is 3. The van der Waals surface area contributed by atoms with Crippen molar-refractivity contribution in [2.75, 3.05) is 0 Å². The van der Waals surface area contributed by atoms with Crippen molar-refractivity contribution in [3.63, 3.8) is 0 Å². The van der Waals surface area contributed by atoms with Gasteiger partial charge >= 0.3 is 37.7 Å². The van der Waals surface area contributed by atoms with Crippen LogP contribution in [-0.2, 0) is 19.3 Å². The van der Waals surface area contributed by atoms with Gasteiger partial charge in [0, 0.05) is 0 Å². The Morgan fingerprint density at radius 1 is 0.692 bits per heavy atom. The molecule has 1 rings (SSSR count). The molecule has 0 aromatic heterocycles. The van der Waals surface area contributed by atoms with E-state index in [9.17, 15) is 0 Å². The van der Waals surface area contributed by atoms with Crippen LogP contribution in [0.5, 0.6) is 0 Å². The van der Waals surface area contributed by atoms with Crippen LogP contribution in [0.4, 0.5) is 0 Å². The zero-order chi connectivity index (χ0) is 8.97. The van der Waals surface area contributed by atoms with Gasteiger partial charge < -0.3 is 0 Å². The van der Waals surface area contributed by atoms with Crippen molar-refractivity contribution < 1.29 is 0 Å². The Bertz CT molecular complexity index is 198. The van der Waals surface area contributed by atoms with E-state index >= 15 is 0 Å². The summed E-state index contributed by atoms with van der Waals surface area (Å²) >= 11 is 0. The van der Waals surface area contributed by atoms with Crippen molar-refractivity contribution in [1.82, 2.24) is 0 Å². The molecule has 0 heterocycles. The van der Waals surface area contributed by atoms with Crippen molar-refractivity contribution >= 4 is 37.7 Å². The molecular formula is C12H20Ca. The zero-order valence-corrected chi connectivity index (χ0v) is 8.35. The Kier molecular flexibility index (Phi) is 7.12. The van der Waals surface area contributed by atoms with Crippen molar-refractivity contribution in [2.45, 2.75) is 40.0 Å². The van der Waals surface area contributed by atoms with Crippen LogP contribution in [0.15, 0.2) is 18.2 Å². The third-order valence-corrected chi connectivity index (χ3v) is 2.34. The molecule has 1 heteroatoms. The van der Waals surface area contributed by atoms with Crippen LogP contribution in [0.3, 0.4) is 0 Å². The van der Waals surface area contributed by atoms with Crippen LogP contribution >= 0.6 is 0 Å². The minimum absolute atomic E-state index is 0. The van der Waals surface area contributed by atoms with Gasteiger partial charge in [-0.1, -0.05) is 39.0 Å². The van der Waals surface area contributed by atoms with Gasteiger partial charge in [0.1, 0.15) is 0 Å². The van der Waals surface area contributed by atoms with Crippen LogP contribution in [0, 0.1) is 0 Å². The van der Waals surface area contributed by atoms with E-state index in [0.717, 1.165) is 19.3 Å². The summed E-state index contributed by atoms with van der Waals surface area (Å²) in [7, 11) is 0. The van der Waals surface area contributed by atoms with Gasteiger partial charge in [-0.05, 0) is 36.0 Å². The van der Waals surface area contributed by atoms with Gasteiger partial charge in [0.05, 0.1) is 0 Å². The molecule has 0 saturated heterocycles. The van der Waals surface area contributed by atoms with E-state index in [1.165, 1.54) is 16.7 Å². The maximum atomic E-state index is 2.32. The average Bonchev–Trinajstić information content (AvgIpc) is 2.16. The van der Waals surface area contributed by atoms with Gasteiger partial charge in [0.2, 0.25) is 0 Å². The second-order valence-electron chi connectivity index (χ2n) is 3.22. The summed E-state index contributed by atoms with van der Waals surface area (Å²) in [6.45, 7) is 6.65. The first-order chi connectivity index (χ1) is 5.80. The summed E-state index contributed by atoms with van der Waals surface area (Å²) in [5.41, 5.74) is 4.43. The molecule has 0 atom stereocenters. The average molecular weight is 204 g/mol. The molecule has 0 bridgehead atoms. The van der Waals surface area contributed by atoms with E-state index in [0.29, 0.717) is 0 Å². The quantitative estimate of drug-likeness (QED) is 0.664. The molecule has 0 unspecified atom stereocenters. The van der Waals surface area contributed by atoms with Gasteiger partial charge in [-0.2, -0.15) is 0 Å². The Balaban J connectivity index is 0.00000144. The summed E-state index contributed by atoms with van der Waals surface area (Å²) in [5, 5.41) is 0. The SMILES string of the molecule is CCc1cc(CC)cc(CC)c1.[CaH2]. The molecule has 0 N–H and O–H groups in total. The second-order valence-corrected chi connectivity index (χ2v) is 3.22. The molecule has 0 nitrogen and oxygen atoms in total. The number of benzene rings is 1. The van der Waals surface area contributed by atoms with Crippen LogP contribution in [0.25, 0.3) is 0 Å². The van der Waals surface area contributed by atoms with Crippen LogP contribution < -0.4 is 0 Å². The summed E-state index contributed by atoms with van der Waals surface area (Å²) in [4.78, 5) is 0. The van der Waals surface area contributed by atoms with Gasteiger partial charge in [-0.25, -0.2) is 0 Å². The van der Waals surface area contributed by atoms with E-state index in [1.54, 1.807) is 0 Å². The third kappa shape index (κ3) is 4.01. The maximum absolute atomic E-state index is 2.32. The standard InChI is InChI=1S/C12H18.Ca.2H/c1-4-10-7-11(5-2)9-12(6-3)8-10;;;/h7-9H,4-6H2,1-3H3;;;. The molecular weight excluding hydrogens is 184 g/mol. The number of rotatable bonds is 3. The normalized spacial score (nSPS) is 9.46. The molecule has 0 radical (unpaired) electrons. The van der Waals surface area contributed by atoms with Gasteiger partial charge in [-0.15, -0.1) is 0 Å². The molecule has 0 spiro atoms. The Morgan fingerprint density at radius 2 is 0.923 bits per heavy atom. The van der Waals surface area contributed by atoms with E-state index in [-0.39, 0.29) is 37.7 Å². The summed E-state index contributed by atoms with van der Waals surface area (Å²) in [6.07, 6.45) is 3.46. The summed E-state index contributed by atoms with van der Waals surface area (Å²) < 4.78 is 0. The topological polar surface area (TPSA) is 0 Å².